The van der Waals surface area contributed by atoms with Gasteiger partial charge in [0.25, 0.3) is 0 Å². The SMILES string of the molecule is CCc1ccc2c(c1)OC1(C=C2)CCN(CCCN)C1. The van der Waals surface area contributed by atoms with E-state index in [9.17, 15) is 0 Å². The molecule has 1 aromatic rings. The zero-order valence-corrected chi connectivity index (χ0v) is 12.3. The van der Waals surface area contributed by atoms with Gasteiger partial charge < -0.3 is 10.5 Å². The molecule has 2 N–H and O–H groups in total. The minimum absolute atomic E-state index is 0.117. The Morgan fingerprint density at radius 2 is 2.30 bits per heavy atom. The lowest BCUT2D eigenvalue weighted by atomic mass is 9.96. The van der Waals surface area contributed by atoms with E-state index in [4.69, 9.17) is 10.5 Å². The Bertz CT molecular complexity index is 512. The number of ether oxygens (including phenoxy) is 1. The van der Waals surface area contributed by atoms with Gasteiger partial charge in [-0.25, -0.2) is 0 Å². The summed E-state index contributed by atoms with van der Waals surface area (Å²) >= 11 is 0. The number of hydrogen-bond donors (Lipinski definition) is 1. The maximum absolute atomic E-state index is 6.37. The highest BCUT2D eigenvalue weighted by Gasteiger charge is 2.39. The Morgan fingerprint density at radius 1 is 1.40 bits per heavy atom. The van der Waals surface area contributed by atoms with Gasteiger partial charge in [-0.1, -0.05) is 25.1 Å². The molecule has 0 bridgehead atoms. The molecule has 1 atom stereocenters. The van der Waals surface area contributed by atoms with E-state index in [1.54, 1.807) is 0 Å². The third kappa shape index (κ3) is 2.60. The van der Waals surface area contributed by atoms with E-state index in [1.165, 1.54) is 11.1 Å². The van der Waals surface area contributed by atoms with Gasteiger partial charge in [0.15, 0.2) is 0 Å². The number of benzene rings is 1. The van der Waals surface area contributed by atoms with Gasteiger partial charge >= 0.3 is 0 Å². The smallest absolute Gasteiger partial charge is 0.141 e. The van der Waals surface area contributed by atoms with Crippen molar-refractivity contribution in [3.8, 4) is 5.75 Å². The quantitative estimate of drug-likeness (QED) is 0.915. The highest BCUT2D eigenvalue weighted by atomic mass is 16.5. The van der Waals surface area contributed by atoms with Gasteiger partial charge in [-0.2, -0.15) is 0 Å². The summed E-state index contributed by atoms with van der Waals surface area (Å²) < 4.78 is 6.37. The van der Waals surface area contributed by atoms with E-state index in [1.807, 2.05) is 0 Å². The van der Waals surface area contributed by atoms with E-state index in [0.717, 1.165) is 51.2 Å². The molecule has 20 heavy (non-hydrogen) atoms. The molecule has 1 unspecified atom stereocenters. The molecule has 0 radical (unpaired) electrons. The van der Waals surface area contributed by atoms with Crippen molar-refractivity contribution in [2.45, 2.75) is 31.8 Å². The molecule has 2 aliphatic rings. The predicted molar refractivity (Wildman–Crippen MR) is 82.9 cm³/mol. The van der Waals surface area contributed by atoms with Crippen LogP contribution in [0, 0.1) is 0 Å². The van der Waals surface area contributed by atoms with Crippen molar-refractivity contribution in [1.82, 2.24) is 4.90 Å². The Morgan fingerprint density at radius 3 is 3.10 bits per heavy atom. The molecule has 2 aliphatic heterocycles. The Kier molecular flexibility index (Phi) is 3.81. The fourth-order valence-corrected chi connectivity index (χ4v) is 3.13. The Labute approximate surface area is 121 Å². The zero-order chi connectivity index (χ0) is 14.0. The molecule has 108 valence electrons. The monoisotopic (exact) mass is 272 g/mol. The largest absolute Gasteiger partial charge is 0.481 e. The van der Waals surface area contributed by atoms with Crippen molar-refractivity contribution in [3.63, 3.8) is 0 Å². The highest BCUT2D eigenvalue weighted by molar-refractivity contribution is 5.62. The van der Waals surface area contributed by atoms with Gasteiger partial charge in [-0.15, -0.1) is 0 Å². The second-order valence-corrected chi connectivity index (χ2v) is 5.89. The molecule has 0 saturated carbocycles. The molecule has 0 amide bonds. The molecule has 2 heterocycles. The van der Waals surface area contributed by atoms with Crippen LogP contribution in [0.1, 0.15) is 30.9 Å². The van der Waals surface area contributed by atoms with Gasteiger partial charge in [0.2, 0.25) is 0 Å². The van der Waals surface area contributed by atoms with E-state index >= 15 is 0 Å². The first-order chi connectivity index (χ1) is 9.74. The summed E-state index contributed by atoms with van der Waals surface area (Å²) in [6.45, 7) is 6.12. The summed E-state index contributed by atoms with van der Waals surface area (Å²) in [6, 6.07) is 6.55. The fourth-order valence-electron chi connectivity index (χ4n) is 3.13. The Balaban J connectivity index is 1.75. The molecule has 1 spiro atoms. The van der Waals surface area contributed by atoms with Gasteiger partial charge in [0.1, 0.15) is 11.4 Å². The van der Waals surface area contributed by atoms with Crippen molar-refractivity contribution in [3.05, 3.63) is 35.4 Å². The number of fused-ring (bicyclic) bond motifs is 1. The molecule has 1 saturated heterocycles. The summed E-state index contributed by atoms with van der Waals surface area (Å²) in [6.07, 6.45) is 7.67. The second kappa shape index (κ2) is 5.58. The zero-order valence-electron chi connectivity index (χ0n) is 12.3. The normalized spacial score (nSPS) is 24.9. The lowest BCUT2D eigenvalue weighted by Gasteiger charge is -2.31. The number of nitrogens with two attached hydrogens (primary N) is 1. The summed E-state index contributed by atoms with van der Waals surface area (Å²) in [7, 11) is 0. The number of likely N-dealkylation sites (tertiary alicyclic amines) is 1. The molecule has 0 aliphatic carbocycles. The van der Waals surface area contributed by atoms with Gasteiger partial charge in [0, 0.05) is 25.1 Å². The first kappa shape index (κ1) is 13.7. The van der Waals surface area contributed by atoms with E-state index in [0.29, 0.717) is 0 Å². The van der Waals surface area contributed by atoms with Crippen molar-refractivity contribution >= 4 is 6.08 Å². The minimum atomic E-state index is -0.117. The van der Waals surface area contributed by atoms with Crippen molar-refractivity contribution in [1.29, 1.82) is 0 Å². The van der Waals surface area contributed by atoms with Crippen molar-refractivity contribution in [2.75, 3.05) is 26.2 Å². The molecule has 0 aromatic heterocycles. The van der Waals surface area contributed by atoms with Crippen LogP contribution in [0.4, 0.5) is 0 Å². The lowest BCUT2D eigenvalue weighted by molar-refractivity contribution is 0.123. The Hall–Kier alpha value is -1.32. The maximum Gasteiger partial charge on any atom is 0.141 e. The van der Waals surface area contributed by atoms with Crippen LogP contribution < -0.4 is 10.5 Å². The number of nitrogens with zero attached hydrogens (tertiary/aromatic N) is 1. The van der Waals surface area contributed by atoms with Crippen LogP contribution in [0.15, 0.2) is 24.3 Å². The number of aryl methyl sites for hydroxylation is 1. The maximum atomic E-state index is 6.37. The van der Waals surface area contributed by atoms with Gasteiger partial charge in [0.05, 0.1) is 0 Å². The van der Waals surface area contributed by atoms with Crippen LogP contribution in [0.5, 0.6) is 5.75 Å². The summed E-state index contributed by atoms with van der Waals surface area (Å²) in [5, 5.41) is 0. The van der Waals surface area contributed by atoms with Crippen molar-refractivity contribution in [2.24, 2.45) is 5.73 Å². The average Bonchev–Trinajstić information content (AvgIpc) is 2.87. The number of hydrogen-bond acceptors (Lipinski definition) is 3. The molecular weight excluding hydrogens is 248 g/mol. The fraction of sp³-hybridized carbons (Fsp3) is 0.529. The molecule has 1 aromatic carbocycles. The molecule has 1 fully saturated rings. The standard InChI is InChI=1S/C17H24N2O/c1-2-14-4-5-15-6-7-17(20-16(15)12-14)8-11-19(13-17)10-3-9-18/h4-7,12H,2-3,8-11,13,18H2,1H3. The van der Waals surface area contributed by atoms with Crippen LogP contribution >= 0.6 is 0 Å². The molecule has 3 rings (SSSR count). The lowest BCUT2D eigenvalue weighted by Crippen LogP contribution is -2.39. The first-order valence-electron chi connectivity index (χ1n) is 7.68. The van der Waals surface area contributed by atoms with Crippen LogP contribution in [0.2, 0.25) is 0 Å². The minimum Gasteiger partial charge on any atom is -0.481 e. The summed E-state index contributed by atoms with van der Waals surface area (Å²) in [4.78, 5) is 2.46. The topological polar surface area (TPSA) is 38.5 Å². The molecular formula is C17H24N2O. The summed E-state index contributed by atoms with van der Waals surface area (Å²) in [5.41, 5.74) is 8.02. The summed E-state index contributed by atoms with van der Waals surface area (Å²) in [5.74, 6) is 1.05. The molecule has 3 nitrogen and oxygen atoms in total. The average molecular weight is 272 g/mol. The van der Waals surface area contributed by atoms with Crippen LogP contribution in [0.25, 0.3) is 6.08 Å². The highest BCUT2D eigenvalue weighted by Crippen LogP contribution is 2.37. The van der Waals surface area contributed by atoms with Crippen molar-refractivity contribution < 1.29 is 4.74 Å². The third-order valence-corrected chi connectivity index (χ3v) is 4.39. The van der Waals surface area contributed by atoms with Crippen LogP contribution in [-0.4, -0.2) is 36.7 Å². The third-order valence-electron chi connectivity index (χ3n) is 4.39. The van der Waals surface area contributed by atoms with E-state index < -0.39 is 0 Å². The predicted octanol–water partition coefficient (Wildman–Crippen LogP) is 2.45. The molecule has 3 heteroatoms. The number of rotatable bonds is 4. The van der Waals surface area contributed by atoms with E-state index in [-0.39, 0.29) is 5.60 Å². The van der Waals surface area contributed by atoms with E-state index in [2.05, 4.69) is 42.2 Å². The second-order valence-electron chi connectivity index (χ2n) is 5.89. The van der Waals surface area contributed by atoms with Gasteiger partial charge in [-0.05, 0) is 43.6 Å². The van der Waals surface area contributed by atoms with Crippen LogP contribution in [-0.2, 0) is 6.42 Å². The first-order valence-corrected chi connectivity index (χ1v) is 7.68. The van der Waals surface area contributed by atoms with Gasteiger partial charge in [-0.3, -0.25) is 4.90 Å². The van der Waals surface area contributed by atoms with Crippen LogP contribution in [0.3, 0.4) is 0 Å².